The van der Waals surface area contributed by atoms with Gasteiger partial charge in [-0.2, -0.15) is 0 Å². The van der Waals surface area contributed by atoms with Crippen LogP contribution in [-0.2, 0) is 24.2 Å². The van der Waals surface area contributed by atoms with Gasteiger partial charge in [0.2, 0.25) is 5.91 Å². The molecule has 2 heterocycles. The zero-order valence-electron chi connectivity index (χ0n) is 20.6. The summed E-state index contributed by atoms with van der Waals surface area (Å²) in [7, 11) is 6.53. The van der Waals surface area contributed by atoms with Crippen LogP contribution in [0.4, 0.5) is 0 Å². The van der Waals surface area contributed by atoms with Gasteiger partial charge in [0.1, 0.15) is 5.76 Å². The SMILES string of the molecule is COc1ccc(CC2c3cc(OC)c(OC)cc3CCN2CC(=O)NCc2ccco2)cc1OC. The quantitative estimate of drug-likeness (QED) is 0.473. The Morgan fingerprint density at radius 1 is 0.971 bits per heavy atom. The molecule has 0 spiro atoms. The van der Waals surface area contributed by atoms with E-state index in [0.717, 1.165) is 29.9 Å². The van der Waals surface area contributed by atoms with Crippen LogP contribution in [0.2, 0.25) is 0 Å². The van der Waals surface area contributed by atoms with Gasteiger partial charge in [-0.1, -0.05) is 6.07 Å². The fraction of sp³-hybridized carbons (Fsp3) is 0.370. The Bertz CT molecular complexity index is 1140. The van der Waals surface area contributed by atoms with Crippen LogP contribution in [0.3, 0.4) is 0 Å². The second kappa shape index (κ2) is 11.2. The van der Waals surface area contributed by atoms with Gasteiger partial charge in [-0.05, 0) is 65.9 Å². The van der Waals surface area contributed by atoms with Crippen LogP contribution in [0.15, 0.2) is 53.1 Å². The Hall–Kier alpha value is -3.65. The molecule has 0 fully saturated rings. The molecule has 1 unspecified atom stereocenters. The van der Waals surface area contributed by atoms with Crippen molar-refractivity contribution in [2.24, 2.45) is 0 Å². The zero-order valence-corrected chi connectivity index (χ0v) is 20.6. The topological polar surface area (TPSA) is 82.4 Å². The maximum Gasteiger partial charge on any atom is 0.234 e. The lowest BCUT2D eigenvalue weighted by atomic mass is 9.88. The van der Waals surface area contributed by atoms with Crippen LogP contribution < -0.4 is 24.3 Å². The van der Waals surface area contributed by atoms with E-state index in [0.29, 0.717) is 36.0 Å². The molecule has 1 aromatic heterocycles. The standard InChI is InChI=1S/C27H32N2O6/c1-31-23-8-7-18(13-24(23)32-2)12-22-21-15-26(34-4)25(33-3)14-19(21)9-10-29(22)17-27(30)28-16-20-6-5-11-35-20/h5-8,11,13-15,22H,9-10,12,16-17H2,1-4H3,(H,28,30). The van der Waals surface area contributed by atoms with Gasteiger partial charge in [0.05, 0.1) is 47.8 Å². The van der Waals surface area contributed by atoms with Crippen molar-refractivity contribution in [1.82, 2.24) is 10.2 Å². The molecule has 0 radical (unpaired) electrons. The highest BCUT2D eigenvalue weighted by atomic mass is 16.5. The summed E-state index contributed by atoms with van der Waals surface area (Å²) in [6.45, 7) is 1.38. The van der Waals surface area contributed by atoms with E-state index in [1.807, 2.05) is 42.5 Å². The summed E-state index contributed by atoms with van der Waals surface area (Å²) in [5, 5.41) is 2.96. The molecule has 4 rings (SSSR count). The summed E-state index contributed by atoms with van der Waals surface area (Å²) in [4.78, 5) is 15.1. The number of benzene rings is 2. The van der Waals surface area contributed by atoms with E-state index in [9.17, 15) is 4.79 Å². The van der Waals surface area contributed by atoms with E-state index >= 15 is 0 Å². The number of furan rings is 1. The van der Waals surface area contributed by atoms with Crippen LogP contribution in [0, 0.1) is 0 Å². The van der Waals surface area contributed by atoms with Crippen molar-refractivity contribution in [3.05, 3.63) is 71.2 Å². The summed E-state index contributed by atoms with van der Waals surface area (Å²) in [6, 6.07) is 13.6. The molecular weight excluding hydrogens is 448 g/mol. The van der Waals surface area contributed by atoms with Crippen LogP contribution in [0.1, 0.15) is 28.5 Å². The molecule has 0 aliphatic carbocycles. The molecule has 1 aliphatic heterocycles. The summed E-state index contributed by atoms with van der Waals surface area (Å²) in [5.74, 6) is 3.41. The Morgan fingerprint density at radius 3 is 2.37 bits per heavy atom. The summed E-state index contributed by atoms with van der Waals surface area (Å²) in [6.07, 6.45) is 3.10. The minimum Gasteiger partial charge on any atom is -0.493 e. The van der Waals surface area contributed by atoms with Crippen molar-refractivity contribution >= 4 is 5.91 Å². The fourth-order valence-electron chi connectivity index (χ4n) is 4.58. The van der Waals surface area contributed by atoms with Crippen LogP contribution in [-0.4, -0.2) is 52.3 Å². The van der Waals surface area contributed by atoms with Gasteiger partial charge in [0.25, 0.3) is 0 Å². The van der Waals surface area contributed by atoms with Crippen molar-refractivity contribution in [2.45, 2.75) is 25.4 Å². The van der Waals surface area contributed by atoms with Crippen molar-refractivity contribution in [3.63, 3.8) is 0 Å². The van der Waals surface area contributed by atoms with E-state index < -0.39 is 0 Å². The molecule has 0 bridgehead atoms. The van der Waals surface area contributed by atoms with E-state index in [4.69, 9.17) is 23.4 Å². The Balaban J connectivity index is 1.62. The van der Waals surface area contributed by atoms with Gasteiger partial charge >= 0.3 is 0 Å². The lowest BCUT2D eigenvalue weighted by molar-refractivity contribution is -0.123. The molecule has 1 amide bonds. The molecule has 35 heavy (non-hydrogen) atoms. The Morgan fingerprint density at radius 2 is 1.69 bits per heavy atom. The van der Waals surface area contributed by atoms with Crippen LogP contribution >= 0.6 is 0 Å². The molecule has 0 saturated carbocycles. The van der Waals surface area contributed by atoms with Gasteiger partial charge in [0.15, 0.2) is 23.0 Å². The highest BCUT2D eigenvalue weighted by Crippen LogP contribution is 2.40. The Kier molecular flexibility index (Phi) is 7.82. The average Bonchev–Trinajstić information content (AvgIpc) is 3.41. The first-order valence-electron chi connectivity index (χ1n) is 11.5. The second-order valence-electron chi connectivity index (χ2n) is 8.39. The normalized spacial score (nSPS) is 15.3. The first-order chi connectivity index (χ1) is 17.1. The predicted octanol–water partition coefficient (Wildman–Crippen LogP) is 3.77. The maximum atomic E-state index is 12.8. The summed E-state index contributed by atoms with van der Waals surface area (Å²) >= 11 is 0. The number of ether oxygens (including phenoxy) is 4. The number of rotatable bonds is 10. The number of fused-ring (bicyclic) bond motifs is 1. The van der Waals surface area contributed by atoms with Gasteiger partial charge < -0.3 is 28.7 Å². The average molecular weight is 481 g/mol. The van der Waals surface area contributed by atoms with Crippen molar-refractivity contribution in [2.75, 3.05) is 41.5 Å². The lowest BCUT2D eigenvalue weighted by Crippen LogP contribution is -2.43. The fourth-order valence-corrected chi connectivity index (χ4v) is 4.58. The molecule has 186 valence electrons. The molecule has 3 aromatic rings. The summed E-state index contributed by atoms with van der Waals surface area (Å²) in [5.41, 5.74) is 3.40. The third kappa shape index (κ3) is 5.54. The number of nitrogens with one attached hydrogen (secondary N) is 1. The zero-order chi connectivity index (χ0) is 24.8. The number of hydrogen-bond acceptors (Lipinski definition) is 7. The van der Waals surface area contributed by atoms with Gasteiger partial charge in [-0.3, -0.25) is 9.69 Å². The minimum absolute atomic E-state index is 0.0361. The smallest absolute Gasteiger partial charge is 0.234 e. The molecule has 8 heteroatoms. The third-order valence-electron chi connectivity index (χ3n) is 6.38. The molecule has 1 N–H and O–H groups in total. The first-order valence-corrected chi connectivity index (χ1v) is 11.5. The first kappa shape index (κ1) is 24.5. The second-order valence-corrected chi connectivity index (χ2v) is 8.39. The molecule has 1 atom stereocenters. The van der Waals surface area contributed by atoms with Crippen molar-refractivity contribution < 1.29 is 28.2 Å². The number of hydrogen-bond donors (Lipinski definition) is 1. The maximum absolute atomic E-state index is 12.8. The number of amides is 1. The highest BCUT2D eigenvalue weighted by molar-refractivity contribution is 5.78. The number of nitrogens with zero attached hydrogens (tertiary/aromatic N) is 1. The van der Waals surface area contributed by atoms with E-state index in [2.05, 4.69) is 10.2 Å². The van der Waals surface area contributed by atoms with Crippen LogP contribution in [0.5, 0.6) is 23.0 Å². The minimum atomic E-state index is -0.0531. The number of methoxy groups -OCH3 is 4. The van der Waals surface area contributed by atoms with E-state index in [-0.39, 0.29) is 18.5 Å². The van der Waals surface area contributed by atoms with Crippen molar-refractivity contribution in [3.8, 4) is 23.0 Å². The lowest BCUT2D eigenvalue weighted by Gasteiger charge is -2.37. The van der Waals surface area contributed by atoms with Gasteiger partial charge in [0, 0.05) is 12.6 Å². The van der Waals surface area contributed by atoms with Crippen LogP contribution in [0.25, 0.3) is 0 Å². The molecular formula is C27H32N2O6. The molecule has 0 saturated heterocycles. The molecule has 2 aromatic carbocycles. The van der Waals surface area contributed by atoms with Crippen molar-refractivity contribution in [1.29, 1.82) is 0 Å². The van der Waals surface area contributed by atoms with E-state index in [1.54, 1.807) is 34.7 Å². The number of carbonyl (C=O) groups excluding carboxylic acids is 1. The highest BCUT2D eigenvalue weighted by Gasteiger charge is 2.31. The third-order valence-corrected chi connectivity index (χ3v) is 6.38. The van der Waals surface area contributed by atoms with Gasteiger partial charge in [-0.25, -0.2) is 0 Å². The Labute approximate surface area is 205 Å². The predicted molar refractivity (Wildman–Crippen MR) is 131 cm³/mol. The van der Waals surface area contributed by atoms with Gasteiger partial charge in [-0.15, -0.1) is 0 Å². The molecule has 1 aliphatic rings. The number of carbonyl (C=O) groups is 1. The molecule has 8 nitrogen and oxygen atoms in total. The van der Waals surface area contributed by atoms with E-state index in [1.165, 1.54) is 5.56 Å². The largest absolute Gasteiger partial charge is 0.493 e. The summed E-state index contributed by atoms with van der Waals surface area (Å²) < 4.78 is 27.4. The monoisotopic (exact) mass is 480 g/mol.